The molecule has 1 unspecified atom stereocenters. The number of hydrogen-bond acceptors (Lipinski definition) is 2. The average Bonchev–Trinajstić information content (AvgIpc) is 2.06. The molecule has 0 aliphatic carbocycles. The molecule has 1 aliphatic heterocycles. The second-order valence-corrected chi connectivity index (χ2v) is 3.22. The first-order valence-corrected chi connectivity index (χ1v) is 4.39. The van der Waals surface area contributed by atoms with E-state index in [2.05, 4.69) is 23.6 Å². The van der Waals surface area contributed by atoms with Crippen LogP contribution in [0.4, 0.5) is 0 Å². The van der Waals surface area contributed by atoms with E-state index in [-0.39, 0.29) is 0 Å². The van der Waals surface area contributed by atoms with Gasteiger partial charge in [0.1, 0.15) is 0 Å². The number of hydrogen-bond donors (Lipinski definition) is 2. The summed E-state index contributed by atoms with van der Waals surface area (Å²) < 4.78 is 0. The maximum Gasteiger partial charge on any atom is 0.0165 e. The monoisotopic (exact) mass is 154 g/mol. The highest BCUT2D eigenvalue weighted by molar-refractivity contribution is 5.08. The van der Waals surface area contributed by atoms with Crippen molar-refractivity contribution in [2.24, 2.45) is 0 Å². The van der Waals surface area contributed by atoms with Crippen molar-refractivity contribution in [3.05, 3.63) is 11.6 Å². The molecule has 0 amide bonds. The standard InChI is InChI=1S/C9H18N2/c1-8(10-2)6-9-4-3-5-11-7-9/h4,8,10-11H,3,5-7H2,1-2H3. The van der Waals surface area contributed by atoms with Gasteiger partial charge in [-0.15, -0.1) is 0 Å². The van der Waals surface area contributed by atoms with Gasteiger partial charge in [0, 0.05) is 12.6 Å². The van der Waals surface area contributed by atoms with Crippen molar-refractivity contribution in [3.63, 3.8) is 0 Å². The molecule has 1 heterocycles. The Morgan fingerprint density at radius 1 is 1.73 bits per heavy atom. The lowest BCUT2D eigenvalue weighted by atomic mass is 10.0. The Morgan fingerprint density at radius 2 is 2.55 bits per heavy atom. The van der Waals surface area contributed by atoms with Gasteiger partial charge in [0.05, 0.1) is 0 Å². The van der Waals surface area contributed by atoms with Gasteiger partial charge < -0.3 is 10.6 Å². The minimum atomic E-state index is 0.612. The number of nitrogens with one attached hydrogen (secondary N) is 2. The van der Waals surface area contributed by atoms with Crippen LogP contribution in [0.3, 0.4) is 0 Å². The van der Waals surface area contributed by atoms with E-state index in [9.17, 15) is 0 Å². The Balaban J connectivity index is 2.29. The second kappa shape index (κ2) is 4.52. The van der Waals surface area contributed by atoms with Crippen LogP contribution >= 0.6 is 0 Å². The summed E-state index contributed by atoms with van der Waals surface area (Å²) in [6, 6.07) is 0.612. The maximum absolute atomic E-state index is 3.37. The molecule has 0 radical (unpaired) electrons. The first kappa shape index (κ1) is 8.75. The van der Waals surface area contributed by atoms with Gasteiger partial charge in [-0.25, -0.2) is 0 Å². The summed E-state index contributed by atoms with van der Waals surface area (Å²) in [7, 11) is 2.02. The van der Waals surface area contributed by atoms with Crippen LogP contribution in [0.5, 0.6) is 0 Å². The normalized spacial score (nSPS) is 21.1. The molecule has 1 aliphatic rings. The molecule has 0 saturated carbocycles. The lowest BCUT2D eigenvalue weighted by molar-refractivity contribution is 0.576. The summed E-state index contributed by atoms with van der Waals surface area (Å²) in [6.07, 6.45) is 4.75. The van der Waals surface area contributed by atoms with Gasteiger partial charge in [0.25, 0.3) is 0 Å². The molecule has 1 atom stereocenters. The van der Waals surface area contributed by atoms with Gasteiger partial charge in [-0.05, 0) is 33.4 Å². The molecular weight excluding hydrogens is 136 g/mol. The van der Waals surface area contributed by atoms with Gasteiger partial charge in [0.15, 0.2) is 0 Å². The van der Waals surface area contributed by atoms with Crippen molar-refractivity contribution in [2.45, 2.75) is 25.8 Å². The van der Waals surface area contributed by atoms with Crippen LogP contribution in [0.2, 0.25) is 0 Å². The zero-order valence-electron chi connectivity index (χ0n) is 7.48. The van der Waals surface area contributed by atoms with E-state index < -0.39 is 0 Å². The zero-order chi connectivity index (χ0) is 8.10. The summed E-state index contributed by atoms with van der Waals surface area (Å²) >= 11 is 0. The maximum atomic E-state index is 3.37. The van der Waals surface area contributed by atoms with Crippen molar-refractivity contribution >= 4 is 0 Å². The van der Waals surface area contributed by atoms with Crippen molar-refractivity contribution in [1.82, 2.24) is 10.6 Å². The molecule has 2 heteroatoms. The summed E-state index contributed by atoms with van der Waals surface area (Å²) in [4.78, 5) is 0. The fraction of sp³-hybridized carbons (Fsp3) is 0.778. The molecule has 0 aromatic carbocycles. The molecule has 64 valence electrons. The van der Waals surface area contributed by atoms with Crippen LogP contribution < -0.4 is 10.6 Å². The Hall–Kier alpha value is -0.340. The fourth-order valence-corrected chi connectivity index (χ4v) is 1.35. The minimum absolute atomic E-state index is 0.612. The molecule has 11 heavy (non-hydrogen) atoms. The van der Waals surface area contributed by atoms with Crippen LogP contribution in [0.25, 0.3) is 0 Å². The zero-order valence-corrected chi connectivity index (χ0v) is 7.48. The van der Waals surface area contributed by atoms with Gasteiger partial charge >= 0.3 is 0 Å². The van der Waals surface area contributed by atoms with E-state index in [1.807, 2.05) is 7.05 Å². The summed E-state index contributed by atoms with van der Waals surface area (Å²) in [5.74, 6) is 0. The Morgan fingerprint density at radius 3 is 3.09 bits per heavy atom. The smallest absolute Gasteiger partial charge is 0.0165 e. The molecule has 0 spiro atoms. The lowest BCUT2D eigenvalue weighted by Gasteiger charge is -2.17. The molecule has 0 bridgehead atoms. The molecule has 0 aromatic heterocycles. The quantitative estimate of drug-likeness (QED) is 0.590. The highest BCUT2D eigenvalue weighted by Crippen LogP contribution is 2.08. The van der Waals surface area contributed by atoms with Crippen molar-refractivity contribution < 1.29 is 0 Å². The van der Waals surface area contributed by atoms with Crippen LogP contribution in [0, 0.1) is 0 Å². The van der Waals surface area contributed by atoms with E-state index in [4.69, 9.17) is 0 Å². The van der Waals surface area contributed by atoms with E-state index in [0.717, 1.165) is 13.1 Å². The van der Waals surface area contributed by atoms with E-state index >= 15 is 0 Å². The van der Waals surface area contributed by atoms with E-state index in [1.54, 1.807) is 5.57 Å². The predicted molar refractivity (Wildman–Crippen MR) is 48.7 cm³/mol. The van der Waals surface area contributed by atoms with E-state index in [0.29, 0.717) is 6.04 Å². The highest BCUT2D eigenvalue weighted by atomic mass is 14.9. The van der Waals surface area contributed by atoms with Crippen LogP contribution in [0.15, 0.2) is 11.6 Å². The Kier molecular flexibility index (Phi) is 3.60. The summed E-state index contributed by atoms with van der Waals surface area (Å²) in [5, 5.41) is 6.61. The predicted octanol–water partition coefficient (Wildman–Crippen LogP) is 0.904. The van der Waals surface area contributed by atoms with Crippen LogP contribution in [-0.4, -0.2) is 26.2 Å². The molecule has 1 rings (SSSR count). The molecule has 2 nitrogen and oxygen atoms in total. The van der Waals surface area contributed by atoms with Gasteiger partial charge in [-0.1, -0.05) is 11.6 Å². The molecular formula is C9H18N2. The molecule has 0 fully saturated rings. The summed E-state index contributed by atoms with van der Waals surface area (Å²) in [5.41, 5.74) is 1.55. The lowest BCUT2D eigenvalue weighted by Crippen LogP contribution is -2.27. The number of rotatable bonds is 3. The molecule has 0 aromatic rings. The SMILES string of the molecule is CNC(C)CC1=CCCNC1. The van der Waals surface area contributed by atoms with Gasteiger partial charge in [-0.3, -0.25) is 0 Å². The third-order valence-electron chi connectivity index (χ3n) is 2.17. The fourth-order valence-electron chi connectivity index (χ4n) is 1.35. The van der Waals surface area contributed by atoms with Gasteiger partial charge in [-0.2, -0.15) is 0 Å². The van der Waals surface area contributed by atoms with Crippen molar-refractivity contribution in [1.29, 1.82) is 0 Å². The third-order valence-corrected chi connectivity index (χ3v) is 2.17. The Labute approximate surface area is 69.1 Å². The van der Waals surface area contributed by atoms with Crippen molar-refractivity contribution in [3.8, 4) is 0 Å². The molecule has 0 saturated heterocycles. The minimum Gasteiger partial charge on any atom is -0.317 e. The Bertz CT molecular complexity index is 140. The van der Waals surface area contributed by atoms with Gasteiger partial charge in [0.2, 0.25) is 0 Å². The third kappa shape index (κ3) is 3.04. The van der Waals surface area contributed by atoms with E-state index in [1.165, 1.54) is 12.8 Å². The average molecular weight is 154 g/mol. The first-order chi connectivity index (χ1) is 5.33. The molecule has 2 N–H and O–H groups in total. The summed E-state index contributed by atoms with van der Waals surface area (Å²) in [6.45, 7) is 4.46. The topological polar surface area (TPSA) is 24.1 Å². The van der Waals surface area contributed by atoms with Crippen LogP contribution in [0.1, 0.15) is 19.8 Å². The first-order valence-electron chi connectivity index (χ1n) is 4.39. The van der Waals surface area contributed by atoms with Crippen LogP contribution in [-0.2, 0) is 0 Å². The highest BCUT2D eigenvalue weighted by Gasteiger charge is 2.05. The van der Waals surface area contributed by atoms with Crippen molar-refractivity contribution in [2.75, 3.05) is 20.1 Å². The second-order valence-electron chi connectivity index (χ2n) is 3.22. The largest absolute Gasteiger partial charge is 0.317 e.